The lowest BCUT2D eigenvalue weighted by molar-refractivity contribution is -0.136. The summed E-state index contributed by atoms with van der Waals surface area (Å²) < 4.78 is 11.9. The lowest BCUT2D eigenvalue weighted by Crippen LogP contribution is -2.48. The van der Waals surface area contributed by atoms with Crippen LogP contribution in [0.15, 0.2) is 78.7 Å². The third-order valence-corrected chi connectivity index (χ3v) is 7.45. The lowest BCUT2D eigenvalue weighted by atomic mass is 10.0. The normalized spacial score (nSPS) is 15.9. The Morgan fingerprint density at radius 2 is 2.08 bits per heavy atom. The summed E-state index contributed by atoms with van der Waals surface area (Å²) in [5.41, 5.74) is 3.36. The molecule has 0 fully saturated rings. The second-order valence-corrected chi connectivity index (χ2v) is 10.4. The summed E-state index contributed by atoms with van der Waals surface area (Å²) in [6, 6.07) is 19.8. The number of carbonyl (C=O) groups is 1. The molecule has 6 nitrogen and oxygen atoms in total. The molecule has 0 saturated carbocycles. The molecule has 0 aliphatic carbocycles. The van der Waals surface area contributed by atoms with Crippen LogP contribution in [0, 0.1) is 6.92 Å². The Hall–Kier alpha value is -2.97. The maximum atomic E-state index is 13.6. The summed E-state index contributed by atoms with van der Waals surface area (Å²) in [7, 11) is 0. The van der Waals surface area contributed by atoms with E-state index in [-0.39, 0.29) is 25.1 Å². The van der Waals surface area contributed by atoms with Gasteiger partial charge in [-0.1, -0.05) is 48.5 Å². The molecule has 1 aromatic heterocycles. The molecule has 7 heteroatoms. The van der Waals surface area contributed by atoms with Crippen LogP contribution in [0.1, 0.15) is 27.6 Å². The number of rotatable bonds is 13. The fourth-order valence-corrected chi connectivity index (χ4v) is 5.59. The van der Waals surface area contributed by atoms with Gasteiger partial charge in [-0.05, 0) is 53.6 Å². The number of aliphatic hydroxyl groups excluding tert-OH is 1. The summed E-state index contributed by atoms with van der Waals surface area (Å²) in [6.07, 6.45) is 1.90. The van der Waals surface area contributed by atoms with Crippen molar-refractivity contribution in [2.24, 2.45) is 0 Å². The van der Waals surface area contributed by atoms with Crippen LogP contribution in [0.2, 0.25) is 0 Å². The minimum Gasteiger partial charge on any atom is -0.491 e. The van der Waals surface area contributed by atoms with Gasteiger partial charge < -0.3 is 19.5 Å². The highest BCUT2D eigenvalue weighted by molar-refractivity contribution is 7.10. The Bertz CT molecular complexity index is 1150. The molecule has 2 atom stereocenters. The van der Waals surface area contributed by atoms with E-state index >= 15 is 0 Å². The molecule has 1 aliphatic rings. The lowest BCUT2D eigenvalue weighted by Gasteiger charge is -2.37. The van der Waals surface area contributed by atoms with E-state index < -0.39 is 6.10 Å². The first-order valence-corrected chi connectivity index (χ1v) is 13.6. The van der Waals surface area contributed by atoms with Gasteiger partial charge in [0.2, 0.25) is 5.91 Å². The van der Waals surface area contributed by atoms with Gasteiger partial charge in [-0.3, -0.25) is 9.69 Å². The molecule has 1 N–H and O–H groups in total. The number of ether oxygens (including phenoxy) is 2. The Morgan fingerprint density at radius 3 is 2.86 bits per heavy atom. The average Bonchev–Trinajstić information content (AvgIpc) is 3.37. The Balaban J connectivity index is 1.36. The number of carbonyl (C=O) groups excluding carboxylic acids is 1. The molecule has 1 aliphatic heterocycles. The highest BCUT2D eigenvalue weighted by atomic mass is 32.1. The first-order chi connectivity index (χ1) is 18.0. The summed E-state index contributed by atoms with van der Waals surface area (Å²) in [5.74, 6) is 0.829. The molecule has 3 aromatic rings. The van der Waals surface area contributed by atoms with Crippen LogP contribution in [0.4, 0.5) is 0 Å². The summed E-state index contributed by atoms with van der Waals surface area (Å²) in [6.45, 7) is 8.60. The maximum Gasteiger partial charge on any atom is 0.237 e. The number of hydrogen-bond donors (Lipinski definition) is 1. The molecule has 0 unspecified atom stereocenters. The van der Waals surface area contributed by atoms with E-state index in [0.29, 0.717) is 32.8 Å². The van der Waals surface area contributed by atoms with Crippen LogP contribution < -0.4 is 4.74 Å². The number of aliphatic hydroxyl groups is 1. The Labute approximate surface area is 223 Å². The van der Waals surface area contributed by atoms with Crippen molar-refractivity contribution in [3.63, 3.8) is 0 Å². The highest BCUT2D eigenvalue weighted by Gasteiger charge is 2.33. The average molecular weight is 521 g/mol. The number of nitrogens with zero attached hydrogens (tertiary/aromatic N) is 2. The van der Waals surface area contributed by atoms with Crippen LogP contribution >= 0.6 is 11.3 Å². The topological polar surface area (TPSA) is 62.2 Å². The fourth-order valence-electron chi connectivity index (χ4n) is 4.66. The molecular formula is C30H36N2O4S. The molecule has 0 bridgehead atoms. The molecule has 0 saturated heterocycles. The summed E-state index contributed by atoms with van der Waals surface area (Å²) in [4.78, 5) is 18.7. The standard InChI is InChI=1S/C30H36N2O4S/c1-3-14-31(18-25(33)21-35-20-24-9-5-4-6-10-24)19-30(34)32-15-12-29-27(13-16-37-29)28(32)22-36-26-11-7-8-23(2)17-26/h3-11,13,16-17,25,28,33H,1,12,14-15,18-22H2,2H3/t25-,28-/m0/s1. The fraction of sp³-hybridized carbons (Fsp3) is 0.367. The van der Waals surface area contributed by atoms with Gasteiger partial charge in [0.15, 0.2) is 0 Å². The van der Waals surface area contributed by atoms with E-state index in [2.05, 4.69) is 18.0 Å². The maximum absolute atomic E-state index is 13.6. The molecule has 37 heavy (non-hydrogen) atoms. The van der Waals surface area contributed by atoms with E-state index in [1.165, 1.54) is 10.4 Å². The van der Waals surface area contributed by atoms with Crippen molar-refractivity contribution in [2.75, 3.05) is 39.4 Å². The van der Waals surface area contributed by atoms with E-state index in [0.717, 1.165) is 23.3 Å². The van der Waals surface area contributed by atoms with Crippen molar-refractivity contribution in [3.05, 3.63) is 100 Å². The third-order valence-electron chi connectivity index (χ3n) is 6.45. The van der Waals surface area contributed by atoms with Crippen LogP contribution in [0.25, 0.3) is 0 Å². The Morgan fingerprint density at radius 1 is 1.24 bits per heavy atom. The molecule has 2 heterocycles. The largest absolute Gasteiger partial charge is 0.491 e. The smallest absolute Gasteiger partial charge is 0.237 e. The minimum atomic E-state index is -0.707. The molecule has 196 valence electrons. The number of benzene rings is 2. The third kappa shape index (κ3) is 7.76. The molecule has 1 amide bonds. The summed E-state index contributed by atoms with van der Waals surface area (Å²) in [5, 5.41) is 12.7. The van der Waals surface area contributed by atoms with Gasteiger partial charge in [-0.15, -0.1) is 17.9 Å². The predicted molar refractivity (Wildman–Crippen MR) is 148 cm³/mol. The van der Waals surface area contributed by atoms with Gasteiger partial charge in [-0.2, -0.15) is 0 Å². The predicted octanol–water partition coefficient (Wildman–Crippen LogP) is 4.63. The molecular weight excluding hydrogens is 484 g/mol. The van der Waals surface area contributed by atoms with Crippen LogP contribution in [0.3, 0.4) is 0 Å². The van der Waals surface area contributed by atoms with Crippen molar-refractivity contribution in [3.8, 4) is 5.75 Å². The zero-order valence-electron chi connectivity index (χ0n) is 21.4. The van der Waals surface area contributed by atoms with Gasteiger partial charge >= 0.3 is 0 Å². The molecule has 2 aromatic carbocycles. The van der Waals surface area contributed by atoms with Crippen molar-refractivity contribution >= 4 is 17.2 Å². The number of fused-ring (bicyclic) bond motifs is 1. The molecule has 4 rings (SSSR count). The monoisotopic (exact) mass is 520 g/mol. The Kier molecular flexibility index (Phi) is 9.91. The second-order valence-electron chi connectivity index (χ2n) is 9.42. The summed E-state index contributed by atoms with van der Waals surface area (Å²) >= 11 is 1.74. The molecule has 0 spiro atoms. The number of aryl methyl sites for hydroxylation is 1. The quantitative estimate of drug-likeness (QED) is 0.333. The first-order valence-electron chi connectivity index (χ1n) is 12.7. The first kappa shape index (κ1) is 27.1. The van der Waals surface area contributed by atoms with Gasteiger partial charge in [0.05, 0.1) is 31.9 Å². The second kappa shape index (κ2) is 13.5. The van der Waals surface area contributed by atoms with Crippen molar-refractivity contribution in [1.82, 2.24) is 9.80 Å². The van der Waals surface area contributed by atoms with Crippen molar-refractivity contribution in [1.29, 1.82) is 0 Å². The van der Waals surface area contributed by atoms with E-state index in [4.69, 9.17) is 9.47 Å². The zero-order valence-corrected chi connectivity index (χ0v) is 22.2. The van der Waals surface area contributed by atoms with E-state index in [9.17, 15) is 9.90 Å². The SMILES string of the molecule is C=CCN(CC(=O)N1CCc2sccc2[C@@H]1COc1cccc(C)c1)C[C@H](O)COCc1ccccc1. The highest BCUT2D eigenvalue weighted by Crippen LogP contribution is 2.34. The van der Waals surface area contributed by atoms with Gasteiger partial charge in [0.1, 0.15) is 12.4 Å². The van der Waals surface area contributed by atoms with E-state index in [1.54, 1.807) is 17.4 Å². The van der Waals surface area contributed by atoms with Gasteiger partial charge in [0.25, 0.3) is 0 Å². The number of thiophene rings is 1. The van der Waals surface area contributed by atoms with Crippen LogP contribution in [-0.4, -0.2) is 66.3 Å². The van der Waals surface area contributed by atoms with E-state index in [1.807, 2.05) is 71.3 Å². The number of hydrogen-bond acceptors (Lipinski definition) is 6. The zero-order chi connectivity index (χ0) is 26.0. The van der Waals surface area contributed by atoms with Gasteiger partial charge in [-0.25, -0.2) is 0 Å². The van der Waals surface area contributed by atoms with Crippen LogP contribution in [0.5, 0.6) is 5.75 Å². The van der Waals surface area contributed by atoms with Crippen molar-refractivity contribution < 1.29 is 19.4 Å². The number of amides is 1. The minimum absolute atomic E-state index is 0.0222. The van der Waals surface area contributed by atoms with Gasteiger partial charge in [0, 0.05) is 24.5 Å². The molecule has 0 radical (unpaired) electrons. The van der Waals surface area contributed by atoms with Crippen LogP contribution in [-0.2, 0) is 22.6 Å². The van der Waals surface area contributed by atoms with Crippen molar-refractivity contribution in [2.45, 2.75) is 32.1 Å².